The van der Waals surface area contributed by atoms with E-state index in [2.05, 4.69) is 0 Å². The van der Waals surface area contributed by atoms with Crippen LogP contribution in [0.4, 0.5) is 17.6 Å². The van der Waals surface area contributed by atoms with Crippen molar-refractivity contribution in [2.75, 3.05) is 0 Å². The summed E-state index contributed by atoms with van der Waals surface area (Å²) in [6.07, 6.45) is -2.77. The van der Waals surface area contributed by atoms with Crippen molar-refractivity contribution >= 4 is 6.08 Å². The van der Waals surface area contributed by atoms with Gasteiger partial charge in [0.1, 0.15) is 5.82 Å². The largest absolute Gasteiger partial charge is 0.409 e. The number of aryl methyl sites for hydroxylation is 1. The summed E-state index contributed by atoms with van der Waals surface area (Å²) in [5.74, 6) is -0.674. The molecule has 2 rings (SSSR count). The van der Waals surface area contributed by atoms with Gasteiger partial charge in [-0.15, -0.1) is 0 Å². The first-order valence-corrected chi connectivity index (χ1v) is 6.54. The van der Waals surface area contributed by atoms with E-state index < -0.39 is 12.0 Å². The average Bonchev–Trinajstić information content (AvgIpc) is 2.45. The molecule has 0 amide bonds. The Morgan fingerprint density at radius 2 is 1.57 bits per heavy atom. The fourth-order valence-electron chi connectivity index (χ4n) is 1.96. The minimum absolute atomic E-state index is 0.0289. The fourth-order valence-corrected chi connectivity index (χ4v) is 1.96. The standard InChI is InChI=1S/C17H14F4/c1-2-12-3-5-13(6-4-12)15-8-7-14(16(18)11-15)9-10-17(19,20)21/h3-11H,2H2,1H3/b10-9+. The first-order valence-electron chi connectivity index (χ1n) is 6.54. The third-order valence-electron chi connectivity index (χ3n) is 3.15. The minimum atomic E-state index is -4.44. The molecule has 4 heteroatoms. The third-order valence-corrected chi connectivity index (χ3v) is 3.15. The Kier molecular flexibility index (Phi) is 4.46. The smallest absolute Gasteiger partial charge is 0.206 e. The zero-order valence-electron chi connectivity index (χ0n) is 11.4. The van der Waals surface area contributed by atoms with Gasteiger partial charge in [0.2, 0.25) is 0 Å². The van der Waals surface area contributed by atoms with Gasteiger partial charge in [0.05, 0.1) is 0 Å². The molecule has 0 aromatic heterocycles. The van der Waals surface area contributed by atoms with Crippen molar-refractivity contribution in [3.05, 3.63) is 65.5 Å². The van der Waals surface area contributed by atoms with Crippen LogP contribution in [0.2, 0.25) is 0 Å². The van der Waals surface area contributed by atoms with E-state index in [0.29, 0.717) is 5.56 Å². The van der Waals surface area contributed by atoms with Gasteiger partial charge in [-0.2, -0.15) is 13.2 Å². The van der Waals surface area contributed by atoms with Crippen LogP contribution in [0.1, 0.15) is 18.1 Å². The van der Waals surface area contributed by atoms with Crippen LogP contribution in [-0.4, -0.2) is 6.18 Å². The molecular weight excluding hydrogens is 280 g/mol. The Bertz CT molecular complexity index is 637. The summed E-state index contributed by atoms with van der Waals surface area (Å²) in [5.41, 5.74) is 2.56. The van der Waals surface area contributed by atoms with Gasteiger partial charge in [-0.3, -0.25) is 0 Å². The average molecular weight is 294 g/mol. The van der Waals surface area contributed by atoms with Crippen LogP contribution in [0.15, 0.2) is 48.5 Å². The highest BCUT2D eigenvalue weighted by Crippen LogP contribution is 2.24. The molecule has 0 N–H and O–H groups in total. The maximum absolute atomic E-state index is 13.8. The van der Waals surface area contributed by atoms with E-state index in [9.17, 15) is 17.6 Å². The van der Waals surface area contributed by atoms with Crippen LogP contribution in [0.5, 0.6) is 0 Å². The maximum Gasteiger partial charge on any atom is 0.409 e. The number of hydrogen-bond acceptors (Lipinski definition) is 0. The summed E-state index contributed by atoms with van der Waals surface area (Å²) in [5, 5.41) is 0. The maximum atomic E-state index is 13.8. The van der Waals surface area contributed by atoms with Crippen molar-refractivity contribution in [2.45, 2.75) is 19.5 Å². The van der Waals surface area contributed by atoms with Gasteiger partial charge >= 0.3 is 6.18 Å². The number of rotatable bonds is 3. The van der Waals surface area contributed by atoms with Gasteiger partial charge in [-0.25, -0.2) is 4.39 Å². The van der Waals surface area contributed by atoms with Crippen molar-refractivity contribution in [2.24, 2.45) is 0 Å². The molecule has 0 aliphatic carbocycles. The van der Waals surface area contributed by atoms with Crippen LogP contribution in [0.25, 0.3) is 17.2 Å². The molecule has 0 fully saturated rings. The van der Waals surface area contributed by atoms with Crippen molar-refractivity contribution in [1.29, 1.82) is 0 Å². The molecule has 0 heterocycles. The van der Waals surface area contributed by atoms with Gasteiger partial charge in [0.25, 0.3) is 0 Å². The molecule has 0 saturated carbocycles. The predicted octanol–water partition coefficient (Wildman–Crippen LogP) is 5.63. The second kappa shape index (κ2) is 6.12. The van der Waals surface area contributed by atoms with Crippen molar-refractivity contribution in [1.82, 2.24) is 0 Å². The molecule has 0 unspecified atom stereocenters. The molecular formula is C17H14F4. The highest BCUT2D eigenvalue weighted by atomic mass is 19.4. The van der Waals surface area contributed by atoms with Crippen molar-refractivity contribution in [3.63, 3.8) is 0 Å². The van der Waals surface area contributed by atoms with E-state index in [4.69, 9.17) is 0 Å². The normalized spacial score (nSPS) is 12.0. The summed E-state index contributed by atoms with van der Waals surface area (Å²) in [6, 6.07) is 11.9. The van der Waals surface area contributed by atoms with Gasteiger partial charge in [-0.1, -0.05) is 43.3 Å². The molecule has 0 spiro atoms. The summed E-state index contributed by atoms with van der Waals surface area (Å²) < 4.78 is 50.1. The van der Waals surface area contributed by atoms with Crippen molar-refractivity contribution < 1.29 is 17.6 Å². The Morgan fingerprint density at radius 1 is 0.952 bits per heavy atom. The molecule has 110 valence electrons. The van der Waals surface area contributed by atoms with Crippen LogP contribution >= 0.6 is 0 Å². The van der Waals surface area contributed by atoms with Crippen LogP contribution < -0.4 is 0 Å². The molecule has 2 aromatic carbocycles. The third kappa shape index (κ3) is 4.18. The molecule has 0 aliphatic rings. The lowest BCUT2D eigenvalue weighted by molar-refractivity contribution is -0.0790. The summed E-state index contributed by atoms with van der Waals surface area (Å²) >= 11 is 0. The molecule has 0 atom stereocenters. The van der Waals surface area contributed by atoms with E-state index in [1.165, 1.54) is 17.7 Å². The minimum Gasteiger partial charge on any atom is -0.206 e. The highest BCUT2D eigenvalue weighted by Gasteiger charge is 2.22. The van der Waals surface area contributed by atoms with E-state index in [1.807, 2.05) is 31.2 Å². The van der Waals surface area contributed by atoms with Crippen LogP contribution in [0.3, 0.4) is 0 Å². The molecule has 0 radical (unpaired) electrons. The zero-order valence-corrected chi connectivity index (χ0v) is 11.4. The molecule has 0 bridgehead atoms. The Balaban J connectivity index is 2.27. The second-order valence-corrected chi connectivity index (χ2v) is 4.66. The van der Waals surface area contributed by atoms with Gasteiger partial charge < -0.3 is 0 Å². The molecule has 2 aromatic rings. The monoisotopic (exact) mass is 294 g/mol. The number of alkyl halides is 3. The fraction of sp³-hybridized carbons (Fsp3) is 0.176. The van der Waals surface area contributed by atoms with E-state index in [0.717, 1.165) is 18.1 Å². The lowest BCUT2D eigenvalue weighted by atomic mass is 10.0. The quantitative estimate of drug-likeness (QED) is 0.643. The number of allylic oxidation sites excluding steroid dienone is 1. The van der Waals surface area contributed by atoms with Gasteiger partial charge in [0, 0.05) is 11.6 Å². The summed E-state index contributed by atoms with van der Waals surface area (Å²) in [4.78, 5) is 0. The van der Waals surface area contributed by atoms with E-state index in [-0.39, 0.29) is 11.6 Å². The number of halogens is 4. The summed E-state index contributed by atoms with van der Waals surface area (Å²) in [7, 11) is 0. The number of hydrogen-bond donors (Lipinski definition) is 0. The Morgan fingerprint density at radius 3 is 2.10 bits per heavy atom. The lowest BCUT2D eigenvalue weighted by Crippen LogP contribution is -2.00. The topological polar surface area (TPSA) is 0 Å². The highest BCUT2D eigenvalue weighted by molar-refractivity contribution is 5.66. The van der Waals surface area contributed by atoms with Crippen LogP contribution in [-0.2, 0) is 6.42 Å². The van der Waals surface area contributed by atoms with Gasteiger partial charge in [0.15, 0.2) is 0 Å². The molecule has 0 saturated heterocycles. The summed E-state index contributed by atoms with van der Waals surface area (Å²) in [6.45, 7) is 2.04. The van der Waals surface area contributed by atoms with E-state index >= 15 is 0 Å². The Labute approximate surface area is 120 Å². The van der Waals surface area contributed by atoms with E-state index in [1.54, 1.807) is 6.07 Å². The first-order chi connectivity index (χ1) is 9.89. The second-order valence-electron chi connectivity index (χ2n) is 4.66. The van der Waals surface area contributed by atoms with Gasteiger partial charge in [-0.05, 0) is 35.3 Å². The molecule has 0 aliphatic heterocycles. The zero-order chi connectivity index (χ0) is 15.5. The lowest BCUT2D eigenvalue weighted by Gasteiger charge is -2.05. The molecule has 21 heavy (non-hydrogen) atoms. The van der Waals surface area contributed by atoms with Crippen molar-refractivity contribution in [3.8, 4) is 11.1 Å². The van der Waals surface area contributed by atoms with Crippen LogP contribution in [0, 0.1) is 5.82 Å². The Hall–Kier alpha value is -2.10. The SMILES string of the molecule is CCc1ccc(-c2ccc(/C=C/C(F)(F)F)c(F)c2)cc1. The molecule has 0 nitrogen and oxygen atoms in total. The first kappa shape index (κ1) is 15.3. The number of benzene rings is 2. The predicted molar refractivity (Wildman–Crippen MR) is 76.3 cm³/mol.